The number of rotatable bonds is 2. The van der Waals surface area contributed by atoms with Crippen molar-refractivity contribution in [1.82, 2.24) is 10.2 Å². The minimum Gasteiger partial charge on any atom is -0.454 e. The number of hydrogen-bond acceptors (Lipinski definition) is 5. The fraction of sp³-hybridized carbons (Fsp3) is 0.0833. The lowest BCUT2D eigenvalue weighted by Crippen LogP contribution is -2.21. The SMILES string of the molecule is O=C(Nc1ccc2c(c1)OCO2)Nc1ccc(=O)[nH]n1. The lowest BCUT2D eigenvalue weighted by atomic mass is 10.3. The molecule has 3 N–H and O–H groups in total. The van der Waals surface area contributed by atoms with Gasteiger partial charge >= 0.3 is 6.03 Å². The van der Waals surface area contributed by atoms with Crippen LogP contribution >= 0.6 is 0 Å². The van der Waals surface area contributed by atoms with Gasteiger partial charge in [-0.25, -0.2) is 9.89 Å². The minimum atomic E-state index is -0.483. The number of amides is 2. The van der Waals surface area contributed by atoms with Gasteiger partial charge in [-0.05, 0) is 18.2 Å². The summed E-state index contributed by atoms with van der Waals surface area (Å²) in [5.41, 5.74) is 0.211. The van der Waals surface area contributed by atoms with E-state index in [1.54, 1.807) is 18.2 Å². The van der Waals surface area contributed by atoms with Crippen molar-refractivity contribution >= 4 is 17.5 Å². The summed E-state index contributed by atoms with van der Waals surface area (Å²) in [6.45, 7) is 0.173. The van der Waals surface area contributed by atoms with Crippen LogP contribution in [0, 0.1) is 0 Å². The number of carbonyl (C=O) groups is 1. The van der Waals surface area contributed by atoms with E-state index in [2.05, 4.69) is 20.8 Å². The summed E-state index contributed by atoms with van der Waals surface area (Å²) in [6, 6.07) is 7.23. The first kappa shape index (κ1) is 12.0. The van der Waals surface area contributed by atoms with Crippen LogP contribution in [0.5, 0.6) is 11.5 Å². The summed E-state index contributed by atoms with van der Waals surface area (Å²) in [4.78, 5) is 22.6. The zero-order chi connectivity index (χ0) is 13.9. The Bertz CT molecular complexity index is 692. The van der Waals surface area contributed by atoms with Gasteiger partial charge < -0.3 is 14.8 Å². The molecule has 1 aliphatic rings. The predicted molar refractivity (Wildman–Crippen MR) is 70.1 cm³/mol. The third-order valence-electron chi connectivity index (χ3n) is 2.55. The van der Waals surface area contributed by atoms with E-state index in [0.29, 0.717) is 17.2 Å². The van der Waals surface area contributed by atoms with Gasteiger partial charge in [0.05, 0.1) is 0 Å². The molecular formula is C12H10N4O4. The van der Waals surface area contributed by atoms with Gasteiger partial charge in [-0.2, -0.15) is 5.10 Å². The van der Waals surface area contributed by atoms with Crippen LogP contribution in [0.3, 0.4) is 0 Å². The third kappa shape index (κ3) is 2.53. The minimum absolute atomic E-state index is 0.173. The van der Waals surface area contributed by atoms with Gasteiger partial charge in [0.2, 0.25) is 6.79 Å². The predicted octanol–water partition coefficient (Wildman–Crippen LogP) is 1.14. The van der Waals surface area contributed by atoms with Crippen LogP contribution in [0.15, 0.2) is 35.1 Å². The molecule has 2 amide bonds. The molecule has 20 heavy (non-hydrogen) atoms. The Hall–Kier alpha value is -3.03. The Morgan fingerprint density at radius 3 is 2.80 bits per heavy atom. The molecule has 8 nitrogen and oxygen atoms in total. The molecule has 1 aliphatic heterocycles. The number of nitrogens with zero attached hydrogens (tertiary/aromatic N) is 1. The molecule has 0 radical (unpaired) electrons. The fourth-order valence-electron chi connectivity index (χ4n) is 1.67. The van der Waals surface area contributed by atoms with Crippen molar-refractivity contribution in [2.45, 2.75) is 0 Å². The maximum atomic E-state index is 11.7. The van der Waals surface area contributed by atoms with Gasteiger partial charge in [-0.1, -0.05) is 0 Å². The van der Waals surface area contributed by atoms with Crippen LogP contribution in [-0.4, -0.2) is 23.0 Å². The number of aromatic nitrogens is 2. The molecule has 2 heterocycles. The Morgan fingerprint density at radius 1 is 1.15 bits per heavy atom. The van der Waals surface area contributed by atoms with E-state index in [9.17, 15) is 9.59 Å². The van der Waals surface area contributed by atoms with Crippen LogP contribution < -0.4 is 25.7 Å². The van der Waals surface area contributed by atoms with Crippen molar-refractivity contribution in [2.75, 3.05) is 17.4 Å². The largest absolute Gasteiger partial charge is 0.454 e. The van der Waals surface area contributed by atoms with Crippen LogP contribution in [0.2, 0.25) is 0 Å². The molecule has 0 atom stereocenters. The van der Waals surface area contributed by atoms with Gasteiger partial charge in [0.15, 0.2) is 17.3 Å². The van der Waals surface area contributed by atoms with Crippen molar-refractivity contribution in [1.29, 1.82) is 0 Å². The van der Waals surface area contributed by atoms with Crippen LogP contribution in [-0.2, 0) is 0 Å². The number of fused-ring (bicyclic) bond motifs is 1. The molecule has 0 bridgehead atoms. The van der Waals surface area contributed by atoms with Gasteiger partial charge in [-0.15, -0.1) is 0 Å². The number of hydrogen-bond donors (Lipinski definition) is 3. The van der Waals surface area contributed by atoms with E-state index >= 15 is 0 Å². The average Bonchev–Trinajstić information content (AvgIpc) is 2.89. The standard InChI is InChI=1S/C12H10N4O4/c17-11-4-3-10(15-16-11)14-12(18)13-7-1-2-8-9(5-7)20-6-19-8/h1-5H,6H2,(H,16,17)(H2,13,14,15,18). The number of H-pyrrole nitrogens is 1. The molecule has 1 aromatic heterocycles. The summed E-state index contributed by atoms with van der Waals surface area (Å²) in [5, 5.41) is 11.0. The summed E-state index contributed by atoms with van der Waals surface area (Å²) in [7, 11) is 0. The second-order valence-corrected chi connectivity index (χ2v) is 3.95. The lowest BCUT2D eigenvalue weighted by molar-refractivity contribution is 0.174. The number of ether oxygens (including phenoxy) is 2. The van der Waals surface area contributed by atoms with Gasteiger partial charge in [0, 0.05) is 17.8 Å². The molecule has 0 saturated carbocycles. The normalized spacial score (nSPS) is 12.0. The van der Waals surface area contributed by atoms with E-state index in [0.717, 1.165) is 0 Å². The second-order valence-electron chi connectivity index (χ2n) is 3.95. The first-order chi connectivity index (χ1) is 9.70. The quantitative estimate of drug-likeness (QED) is 0.761. The van der Waals surface area contributed by atoms with Gasteiger partial charge in [-0.3, -0.25) is 10.1 Å². The topological polar surface area (TPSA) is 105 Å². The number of nitrogens with one attached hydrogen (secondary N) is 3. The molecule has 0 spiro atoms. The number of carbonyl (C=O) groups excluding carboxylic acids is 1. The highest BCUT2D eigenvalue weighted by Gasteiger charge is 2.14. The van der Waals surface area contributed by atoms with E-state index in [1.807, 2.05) is 0 Å². The molecule has 0 fully saturated rings. The number of benzene rings is 1. The molecule has 2 aromatic rings. The monoisotopic (exact) mass is 274 g/mol. The molecule has 0 saturated heterocycles. The van der Waals surface area contributed by atoms with E-state index in [4.69, 9.17) is 9.47 Å². The van der Waals surface area contributed by atoms with Crippen molar-refractivity contribution < 1.29 is 14.3 Å². The Labute approximate surface area is 112 Å². The van der Waals surface area contributed by atoms with E-state index < -0.39 is 6.03 Å². The second kappa shape index (κ2) is 4.92. The molecule has 1 aromatic carbocycles. The van der Waals surface area contributed by atoms with Crippen molar-refractivity contribution in [3.63, 3.8) is 0 Å². The maximum absolute atomic E-state index is 11.7. The first-order valence-corrected chi connectivity index (χ1v) is 5.74. The van der Waals surface area contributed by atoms with Gasteiger partial charge in [0.1, 0.15) is 0 Å². The summed E-state index contributed by atoms with van der Waals surface area (Å²) >= 11 is 0. The molecular weight excluding hydrogens is 264 g/mol. The highest BCUT2D eigenvalue weighted by atomic mass is 16.7. The lowest BCUT2D eigenvalue weighted by Gasteiger charge is -2.07. The Kier molecular flexibility index (Phi) is 2.96. The third-order valence-corrected chi connectivity index (χ3v) is 2.55. The van der Waals surface area contributed by atoms with E-state index in [-0.39, 0.29) is 18.2 Å². The van der Waals surface area contributed by atoms with Crippen LogP contribution in [0.1, 0.15) is 0 Å². The highest BCUT2D eigenvalue weighted by molar-refractivity contribution is 5.99. The molecule has 0 unspecified atom stereocenters. The molecule has 102 valence electrons. The zero-order valence-corrected chi connectivity index (χ0v) is 10.2. The Morgan fingerprint density at radius 2 is 2.00 bits per heavy atom. The smallest absolute Gasteiger partial charge is 0.324 e. The molecule has 8 heteroatoms. The Balaban J connectivity index is 1.67. The van der Waals surface area contributed by atoms with Crippen molar-refractivity contribution in [3.8, 4) is 11.5 Å². The van der Waals surface area contributed by atoms with Crippen molar-refractivity contribution in [3.05, 3.63) is 40.7 Å². The number of aromatic amines is 1. The van der Waals surface area contributed by atoms with Crippen LogP contribution in [0.4, 0.5) is 16.3 Å². The van der Waals surface area contributed by atoms with Gasteiger partial charge in [0.25, 0.3) is 5.56 Å². The maximum Gasteiger partial charge on any atom is 0.324 e. The molecule has 3 rings (SSSR count). The number of anilines is 2. The molecule has 0 aliphatic carbocycles. The first-order valence-electron chi connectivity index (χ1n) is 5.74. The zero-order valence-electron chi connectivity index (χ0n) is 10.2. The highest BCUT2D eigenvalue weighted by Crippen LogP contribution is 2.34. The summed E-state index contributed by atoms with van der Waals surface area (Å²) in [5.74, 6) is 1.45. The fourth-order valence-corrected chi connectivity index (χ4v) is 1.67. The average molecular weight is 274 g/mol. The van der Waals surface area contributed by atoms with Crippen molar-refractivity contribution in [2.24, 2.45) is 0 Å². The number of urea groups is 1. The summed E-state index contributed by atoms with van der Waals surface area (Å²) < 4.78 is 10.4. The van der Waals surface area contributed by atoms with Crippen LogP contribution in [0.25, 0.3) is 0 Å². The summed E-state index contributed by atoms with van der Waals surface area (Å²) in [6.07, 6.45) is 0. The van der Waals surface area contributed by atoms with E-state index in [1.165, 1.54) is 12.1 Å².